The van der Waals surface area contributed by atoms with E-state index in [-0.39, 0.29) is 23.2 Å². The van der Waals surface area contributed by atoms with Crippen LogP contribution in [0, 0.1) is 5.92 Å². The van der Waals surface area contributed by atoms with Gasteiger partial charge in [0.1, 0.15) is 17.2 Å². The van der Waals surface area contributed by atoms with Gasteiger partial charge in [0.25, 0.3) is 0 Å². The van der Waals surface area contributed by atoms with E-state index in [1.165, 1.54) is 0 Å². The number of carbonyl (C=O) groups is 3. The van der Waals surface area contributed by atoms with Crippen LogP contribution in [0.4, 0.5) is 11.4 Å². The molecule has 7 heteroatoms. The number of hydrogen-bond acceptors (Lipinski definition) is 5. The number of anilines is 2. The normalized spacial score (nSPS) is 24.2. The van der Waals surface area contributed by atoms with Crippen molar-refractivity contribution in [2.75, 3.05) is 10.2 Å². The van der Waals surface area contributed by atoms with Crippen LogP contribution in [-0.4, -0.2) is 34.5 Å². The van der Waals surface area contributed by atoms with E-state index in [0.29, 0.717) is 21.8 Å². The Kier molecular flexibility index (Phi) is 5.28. The molecule has 1 amide bonds. The van der Waals surface area contributed by atoms with Crippen LogP contribution >= 0.6 is 11.6 Å². The molecule has 0 bridgehead atoms. The Balaban J connectivity index is 1.54. The van der Waals surface area contributed by atoms with Crippen LogP contribution in [0.2, 0.25) is 5.02 Å². The van der Waals surface area contributed by atoms with Gasteiger partial charge in [-0.2, -0.15) is 0 Å². The fourth-order valence-electron chi connectivity index (χ4n) is 6.57. The summed E-state index contributed by atoms with van der Waals surface area (Å²) in [5, 5.41) is 3.53. The van der Waals surface area contributed by atoms with Crippen molar-refractivity contribution in [3.05, 3.63) is 131 Å². The first-order valence-corrected chi connectivity index (χ1v) is 13.1. The Labute approximate surface area is 229 Å². The predicted octanol–water partition coefficient (Wildman–Crippen LogP) is 5.59. The third-order valence-corrected chi connectivity index (χ3v) is 8.39. The fourth-order valence-corrected chi connectivity index (χ4v) is 6.70. The first-order valence-electron chi connectivity index (χ1n) is 12.7. The third-order valence-electron chi connectivity index (χ3n) is 8.14. The number of Topliss-reactive ketones (excluding diaryl/α,β-unsaturated/α-hetero) is 2. The highest BCUT2D eigenvalue weighted by molar-refractivity contribution is 6.30. The Bertz CT molecular complexity index is 1680. The van der Waals surface area contributed by atoms with E-state index in [2.05, 4.69) is 10.3 Å². The van der Waals surface area contributed by atoms with Crippen LogP contribution in [-0.2, 0) is 10.2 Å². The van der Waals surface area contributed by atoms with E-state index in [1.807, 2.05) is 65.6 Å². The number of ketones is 2. The van der Waals surface area contributed by atoms with Gasteiger partial charge in [0.15, 0.2) is 11.6 Å². The van der Waals surface area contributed by atoms with Gasteiger partial charge in [0, 0.05) is 28.2 Å². The van der Waals surface area contributed by atoms with Gasteiger partial charge in [0.05, 0.1) is 12.0 Å². The number of nitrogens with zero attached hydrogens (tertiary/aromatic N) is 2. The third kappa shape index (κ3) is 3.28. The van der Waals surface area contributed by atoms with Gasteiger partial charge in [0.2, 0.25) is 5.91 Å². The lowest BCUT2D eigenvalue weighted by Gasteiger charge is -2.37. The fraction of sp³-hybridized carbons (Fsp3) is 0.125. The topological polar surface area (TPSA) is 79.4 Å². The average molecular weight is 532 g/mol. The van der Waals surface area contributed by atoms with Gasteiger partial charge >= 0.3 is 0 Å². The number of benzene rings is 3. The monoisotopic (exact) mass is 531 g/mol. The number of halogens is 1. The zero-order valence-electron chi connectivity index (χ0n) is 20.6. The van der Waals surface area contributed by atoms with Gasteiger partial charge in [-0.15, -0.1) is 0 Å². The molecule has 1 fully saturated rings. The number of aromatic nitrogens is 1. The van der Waals surface area contributed by atoms with Crippen molar-refractivity contribution in [2.45, 2.75) is 17.5 Å². The number of fused-ring (bicyclic) bond motifs is 6. The molecule has 3 aliphatic rings. The first kappa shape index (κ1) is 23.6. The highest BCUT2D eigenvalue weighted by Gasteiger charge is 2.70. The number of pyridine rings is 1. The summed E-state index contributed by atoms with van der Waals surface area (Å²) in [6.45, 7) is 0. The van der Waals surface area contributed by atoms with Crippen LogP contribution in [0.15, 0.2) is 103 Å². The van der Waals surface area contributed by atoms with E-state index in [4.69, 9.17) is 11.6 Å². The maximum Gasteiger partial charge on any atom is 0.238 e. The second-order valence-electron chi connectivity index (χ2n) is 10.0. The predicted molar refractivity (Wildman–Crippen MR) is 150 cm³/mol. The molecule has 3 aliphatic heterocycles. The molecular formula is C32H22ClN3O3. The Morgan fingerprint density at radius 1 is 0.872 bits per heavy atom. The molecule has 4 aromatic rings. The van der Waals surface area contributed by atoms with Gasteiger partial charge < -0.3 is 10.2 Å². The number of hydrogen-bond donors (Lipinski definition) is 1. The second-order valence-corrected chi connectivity index (χ2v) is 10.4. The molecule has 6 nitrogen and oxygen atoms in total. The molecule has 4 heterocycles. The summed E-state index contributed by atoms with van der Waals surface area (Å²) in [5.41, 5.74) is 2.33. The molecular weight excluding hydrogens is 510 g/mol. The highest BCUT2D eigenvalue weighted by Crippen LogP contribution is 2.58. The summed E-state index contributed by atoms with van der Waals surface area (Å²) in [4.78, 5) is 49.6. The SMILES string of the molecule is O=C(c1ccccn1)[C@@H]1[C@H](C(=O)c2ccc(Cl)cc2)N2c3ccccc3C=C[C@@H]2[C@]12C(=O)Nc1ccccc12. The zero-order chi connectivity index (χ0) is 26.7. The van der Waals surface area contributed by atoms with Gasteiger partial charge in [-0.1, -0.05) is 66.2 Å². The van der Waals surface area contributed by atoms with Crippen molar-refractivity contribution < 1.29 is 14.4 Å². The van der Waals surface area contributed by atoms with Crippen molar-refractivity contribution in [1.82, 2.24) is 4.98 Å². The minimum atomic E-state index is -1.36. The van der Waals surface area contributed by atoms with Crippen molar-refractivity contribution in [3.8, 4) is 0 Å². The maximum atomic E-state index is 14.6. The lowest BCUT2D eigenvalue weighted by atomic mass is 9.64. The average Bonchev–Trinajstić information content (AvgIpc) is 3.45. The van der Waals surface area contributed by atoms with Crippen molar-refractivity contribution in [2.24, 2.45) is 5.92 Å². The molecule has 0 radical (unpaired) electrons. The molecule has 1 saturated heterocycles. The minimum Gasteiger partial charge on any atom is -0.352 e. The molecule has 39 heavy (non-hydrogen) atoms. The maximum absolute atomic E-state index is 14.6. The van der Waals surface area contributed by atoms with Crippen molar-refractivity contribution >= 4 is 46.5 Å². The van der Waals surface area contributed by atoms with Crippen molar-refractivity contribution in [1.29, 1.82) is 0 Å². The van der Waals surface area contributed by atoms with Crippen LogP contribution in [0.1, 0.15) is 32.0 Å². The van der Waals surface area contributed by atoms with E-state index in [1.54, 1.807) is 48.7 Å². The summed E-state index contributed by atoms with van der Waals surface area (Å²) in [7, 11) is 0. The van der Waals surface area contributed by atoms with Gasteiger partial charge in [-0.25, -0.2) is 0 Å². The molecule has 1 spiro atoms. The number of rotatable bonds is 4. The summed E-state index contributed by atoms with van der Waals surface area (Å²) in [5.74, 6) is -1.97. The van der Waals surface area contributed by atoms with Crippen LogP contribution in [0.5, 0.6) is 0 Å². The van der Waals surface area contributed by atoms with Gasteiger partial charge in [-0.3, -0.25) is 19.4 Å². The van der Waals surface area contributed by atoms with E-state index in [0.717, 1.165) is 11.3 Å². The molecule has 3 aromatic carbocycles. The van der Waals surface area contributed by atoms with Gasteiger partial charge in [-0.05, 0) is 59.7 Å². The summed E-state index contributed by atoms with van der Waals surface area (Å²) < 4.78 is 0. The van der Waals surface area contributed by atoms with Crippen LogP contribution in [0.25, 0.3) is 6.08 Å². The molecule has 190 valence electrons. The molecule has 4 atom stereocenters. The zero-order valence-corrected chi connectivity index (χ0v) is 21.4. The molecule has 0 unspecified atom stereocenters. The molecule has 1 N–H and O–H groups in total. The Hall–Kier alpha value is -4.55. The number of amides is 1. The van der Waals surface area contributed by atoms with Crippen LogP contribution in [0.3, 0.4) is 0 Å². The molecule has 7 rings (SSSR count). The smallest absolute Gasteiger partial charge is 0.238 e. The Morgan fingerprint density at radius 3 is 2.41 bits per heavy atom. The first-order chi connectivity index (χ1) is 19.0. The second kappa shape index (κ2) is 8.75. The van der Waals surface area contributed by atoms with E-state index >= 15 is 0 Å². The van der Waals surface area contributed by atoms with Crippen molar-refractivity contribution in [3.63, 3.8) is 0 Å². The number of nitrogens with one attached hydrogen (secondary N) is 1. The largest absolute Gasteiger partial charge is 0.352 e. The quantitative estimate of drug-likeness (QED) is 0.347. The highest BCUT2D eigenvalue weighted by atomic mass is 35.5. The molecule has 1 aromatic heterocycles. The minimum absolute atomic E-state index is 0.213. The standard InChI is InChI=1S/C32H22ClN3O3/c33-21-15-12-20(13-16-21)29(37)28-27(30(38)24-10-5-6-18-34-24)32(22-8-2-3-9-23(22)35-31(32)39)26-17-14-19-7-1-4-11-25(19)36(26)28/h1-18,26-28H,(H,35,39)/t26-,27+,28-,32+/m1/s1. The summed E-state index contributed by atoms with van der Waals surface area (Å²) in [6, 6.07) is 25.4. The molecule has 0 aliphatic carbocycles. The van der Waals surface area contributed by atoms with Crippen LogP contribution < -0.4 is 10.2 Å². The lowest BCUT2D eigenvalue weighted by Crippen LogP contribution is -2.51. The lowest BCUT2D eigenvalue weighted by molar-refractivity contribution is -0.121. The molecule has 0 saturated carbocycles. The van der Waals surface area contributed by atoms with E-state index in [9.17, 15) is 14.4 Å². The summed E-state index contributed by atoms with van der Waals surface area (Å²) in [6.07, 6.45) is 5.48. The summed E-state index contributed by atoms with van der Waals surface area (Å²) >= 11 is 6.14. The van der Waals surface area contributed by atoms with E-state index < -0.39 is 23.4 Å². The number of para-hydroxylation sites is 2. The Morgan fingerprint density at radius 2 is 1.62 bits per heavy atom. The number of carbonyl (C=O) groups excluding carboxylic acids is 3.